The van der Waals surface area contributed by atoms with Crippen LogP contribution in [-0.2, 0) is 0 Å². The molecule has 2 atom stereocenters. The molecule has 0 radical (unpaired) electrons. The summed E-state index contributed by atoms with van der Waals surface area (Å²) in [4.78, 5) is 5.23. The SMILES string of the molecule is CCC(C)N1CCN(CC(CN)CC(C)C)CC1. The van der Waals surface area contributed by atoms with Gasteiger partial charge in [0.25, 0.3) is 0 Å². The molecule has 3 nitrogen and oxygen atoms in total. The molecule has 0 bridgehead atoms. The Balaban J connectivity index is 2.29. The predicted octanol–water partition coefficient (Wildman–Crippen LogP) is 2.02. The van der Waals surface area contributed by atoms with Crippen molar-refractivity contribution in [2.24, 2.45) is 17.6 Å². The monoisotopic (exact) mass is 255 g/mol. The summed E-state index contributed by atoms with van der Waals surface area (Å²) in [7, 11) is 0. The van der Waals surface area contributed by atoms with E-state index in [1.54, 1.807) is 0 Å². The summed E-state index contributed by atoms with van der Waals surface area (Å²) in [5.41, 5.74) is 5.90. The summed E-state index contributed by atoms with van der Waals surface area (Å²) in [6.07, 6.45) is 2.53. The molecule has 2 unspecified atom stereocenters. The number of nitrogens with zero attached hydrogens (tertiary/aromatic N) is 2. The Kier molecular flexibility index (Phi) is 7.20. The lowest BCUT2D eigenvalue weighted by atomic mass is 9.96. The standard InChI is InChI=1S/C15H33N3/c1-5-14(4)18-8-6-17(7-9-18)12-15(11-16)10-13(2)3/h13-15H,5-12,16H2,1-4H3. The maximum atomic E-state index is 5.90. The van der Waals surface area contributed by atoms with Gasteiger partial charge in [0.15, 0.2) is 0 Å². The van der Waals surface area contributed by atoms with E-state index in [2.05, 4.69) is 37.5 Å². The fraction of sp³-hybridized carbons (Fsp3) is 1.00. The maximum Gasteiger partial charge on any atom is 0.0113 e. The second-order valence-corrected chi connectivity index (χ2v) is 6.33. The third-order valence-corrected chi connectivity index (χ3v) is 4.28. The molecule has 2 N–H and O–H groups in total. The lowest BCUT2D eigenvalue weighted by Crippen LogP contribution is -2.50. The molecule has 0 spiro atoms. The first-order valence-electron chi connectivity index (χ1n) is 7.73. The van der Waals surface area contributed by atoms with Crippen molar-refractivity contribution in [3.63, 3.8) is 0 Å². The third-order valence-electron chi connectivity index (χ3n) is 4.28. The van der Waals surface area contributed by atoms with Crippen LogP contribution >= 0.6 is 0 Å². The zero-order valence-electron chi connectivity index (χ0n) is 12.9. The number of rotatable bonds is 7. The third kappa shape index (κ3) is 5.25. The average Bonchev–Trinajstić information content (AvgIpc) is 2.37. The van der Waals surface area contributed by atoms with Crippen molar-refractivity contribution >= 4 is 0 Å². The van der Waals surface area contributed by atoms with Gasteiger partial charge in [0.2, 0.25) is 0 Å². The van der Waals surface area contributed by atoms with Crippen molar-refractivity contribution < 1.29 is 0 Å². The molecular weight excluding hydrogens is 222 g/mol. The van der Waals surface area contributed by atoms with Gasteiger partial charge in [-0.25, -0.2) is 0 Å². The normalized spacial score (nSPS) is 22.3. The fourth-order valence-corrected chi connectivity index (χ4v) is 2.92. The zero-order chi connectivity index (χ0) is 13.5. The number of hydrogen-bond donors (Lipinski definition) is 1. The molecule has 0 aromatic carbocycles. The van der Waals surface area contributed by atoms with Crippen LogP contribution in [-0.4, -0.2) is 55.1 Å². The summed E-state index contributed by atoms with van der Waals surface area (Å²) in [5, 5.41) is 0. The van der Waals surface area contributed by atoms with Crippen molar-refractivity contribution in [1.82, 2.24) is 9.80 Å². The Morgan fingerprint density at radius 1 is 1.06 bits per heavy atom. The lowest BCUT2D eigenvalue weighted by Gasteiger charge is -2.39. The summed E-state index contributed by atoms with van der Waals surface area (Å²) in [6.45, 7) is 16.2. The van der Waals surface area contributed by atoms with Gasteiger partial charge in [-0.2, -0.15) is 0 Å². The lowest BCUT2D eigenvalue weighted by molar-refractivity contribution is 0.0881. The van der Waals surface area contributed by atoms with Crippen LogP contribution in [0, 0.1) is 11.8 Å². The molecule has 0 aromatic heterocycles. The molecule has 1 aliphatic rings. The van der Waals surface area contributed by atoms with E-state index in [-0.39, 0.29) is 0 Å². The van der Waals surface area contributed by atoms with Crippen molar-refractivity contribution in [3.05, 3.63) is 0 Å². The van der Waals surface area contributed by atoms with E-state index >= 15 is 0 Å². The largest absolute Gasteiger partial charge is 0.330 e. The van der Waals surface area contributed by atoms with E-state index in [0.717, 1.165) is 18.5 Å². The second kappa shape index (κ2) is 8.13. The summed E-state index contributed by atoms with van der Waals surface area (Å²) < 4.78 is 0. The Labute approximate surface area is 114 Å². The van der Waals surface area contributed by atoms with E-state index in [1.165, 1.54) is 45.6 Å². The molecule has 1 saturated heterocycles. The highest BCUT2D eigenvalue weighted by Crippen LogP contribution is 2.15. The number of piperazine rings is 1. The van der Waals surface area contributed by atoms with E-state index in [1.807, 2.05) is 0 Å². The molecule has 0 saturated carbocycles. The van der Waals surface area contributed by atoms with E-state index in [0.29, 0.717) is 5.92 Å². The van der Waals surface area contributed by atoms with Gasteiger partial charge in [-0.3, -0.25) is 4.90 Å². The van der Waals surface area contributed by atoms with E-state index in [9.17, 15) is 0 Å². The Bertz CT molecular complexity index is 210. The highest BCUT2D eigenvalue weighted by atomic mass is 15.3. The van der Waals surface area contributed by atoms with Crippen LogP contribution < -0.4 is 5.73 Å². The van der Waals surface area contributed by atoms with Crippen molar-refractivity contribution in [3.8, 4) is 0 Å². The van der Waals surface area contributed by atoms with Crippen LogP contribution in [0.4, 0.5) is 0 Å². The molecule has 18 heavy (non-hydrogen) atoms. The minimum atomic E-state index is 0.681. The first-order valence-corrected chi connectivity index (χ1v) is 7.73. The van der Waals surface area contributed by atoms with Gasteiger partial charge < -0.3 is 10.6 Å². The van der Waals surface area contributed by atoms with Crippen LogP contribution in [0.1, 0.15) is 40.5 Å². The highest BCUT2D eigenvalue weighted by molar-refractivity contribution is 4.77. The molecule has 108 valence electrons. The van der Waals surface area contributed by atoms with Gasteiger partial charge >= 0.3 is 0 Å². The van der Waals surface area contributed by atoms with Gasteiger partial charge in [0.05, 0.1) is 0 Å². The Morgan fingerprint density at radius 3 is 2.11 bits per heavy atom. The van der Waals surface area contributed by atoms with Crippen molar-refractivity contribution in [2.45, 2.75) is 46.6 Å². The van der Waals surface area contributed by atoms with Crippen molar-refractivity contribution in [1.29, 1.82) is 0 Å². The molecule has 0 amide bonds. The summed E-state index contributed by atoms with van der Waals surface area (Å²) in [5.74, 6) is 1.44. The molecule has 3 heteroatoms. The van der Waals surface area contributed by atoms with Gasteiger partial charge in [0.1, 0.15) is 0 Å². The minimum absolute atomic E-state index is 0.681. The van der Waals surface area contributed by atoms with Crippen LogP contribution in [0.5, 0.6) is 0 Å². The van der Waals surface area contributed by atoms with Gasteiger partial charge in [-0.1, -0.05) is 20.8 Å². The van der Waals surface area contributed by atoms with Gasteiger partial charge in [-0.05, 0) is 38.1 Å². The Hall–Kier alpha value is -0.120. The van der Waals surface area contributed by atoms with Crippen LogP contribution in [0.15, 0.2) is 0 Å². The molecule has 1 rings (SSSR count). The predicted molar refractivity (Wildman–Crippen MR) is 79.8 cm³/mol. The smallest absolute Gasteiger partial charge is 0.0113 e. The summed E-state index contributed by atoms with van der Waals surface area (Å²) >= 11 is 0. The second-order valence-electron chi connectivity index (χ2n) is 6.33. The minimum Gasteiger partial charge on any atom is -0.330 e. The molecule has 1 heterocycles. The summed E-state index contributed by atoms with van der Waals surface area (Å²) in [6, 6.07) is 0.744. The fourth-order valence-electron chi connectivity index (χ4n) is 2.92. The van der Waals surface area contributed by atoms with Crippen LogP contribution in [0.3, 0.4) is 0 Å². The first-order chi connectivity index (χ1) is 8.56. The average molecular weight is 255 g/mol. The van der Waals surface area contributed by atoms with Crippen LogP contribution in [0.25, 0.3) is 0 Å². The van der Waals surface area contributed by atoms with Gasteiger partial charge in [0, 0.05) is 38.8 Å². The number of nitrogens with two attached hydrogens (primary N) is 1. The molecular formula is C15H33N3. The first kappa shape index (κ1) is 15.9. The van der Waals surface area contributed by atoms with Crippen LogP contribution in [0.2, 0.25) is 0 Å². The van der Waals surface area contributed by atoms with E-state index in [4.69, 9.17) is 5.73 Å². The molecule has 0 aromatic rings. The van der Waals surface area contributed by atoms with E-state index < -0.39 is 0 Å². The zero-order valence-corrected chi connectivity index (χ0v) is 12.9. The Morgan fingerprint density at radius 2 is 1.67 bits per heavy atom. The highest BCUT2D eigenvalue weighted by Gasteiger charge is 2.22. The quantitative estimate of drug-likeness (QED) is 0.755. The van der Waals surface area contributed by atoms with Gasteiger partial charge in [-0.15, -0.1) is 0 Å². The number of hydrogen-bond acceptors (Lipinski definition) is 3. The molecule has 0 aliphatic carbocycles. The maximum absolute atomic E-state index is 5.90. The molecule has 1 fully saturated rings. The van der Waals surface area contributed by atoms with Crippen molar-refractivity contribution in [2.75, 3.05) is 39.3 Å². The molecule has 1 aliphatic heterocycles. The topological polar surface area (TPSA) is 32.5 Å².